The Hall–Kier alpha value is -3.40. The van der Waals surface area contributed by atoms with Gasteiger partial charge in [-0.05, 0) is 24.3 Å². The van der Waals surface area contributed by atoms with E-state index < -0.39 is 0 Å². The first-order valence-electron chi connectivity index (χ1n) is 9.64. The van der Waals surface area contributed by atoms with Crippen LogP contribution in [0.15, 0.2) is 47.1 Å². The van der Waals surface area contributed by atoms with Crippen molar-refractivity contribution in [3.8, 4) is 11.5 Å². The lowest BCUT2D eigenvalue weighted by Crippen LogP contribution is -2.29. The predicted octanol–water partition coefficient (Wildman–Crippen LogP) is 2.57. The second-order valence-corrected chi connectivity index (χ2v) is 7.78. The highest BCUT2D eigenvalue weighted by molar-refractivity contribution is 7.98. The number of fused-ring (bicyclic) bond motifs is 1. The molecule has 3 aromatic rings. The molecule has 162 valence electrons. The maximum Gasteiger partial charge on any atom is 0.263 e. The SMILES string of the molecule is COc1cccc(OCC(=O)Nc2c3c(nn2CC(=O)NCc2ccco2)CSC3)c1. The van der Waals surface area contributed by atoms with Gasteiger partial charge in [-0.3, -0.25) is 9.59 Å². The van der Waals surface area contributed by atoms with Gasteiger partial charge in [-0.1, -0.05) is 6.07 Å². The largest absolute Gasteiger partial charge is 0.497 e. The Morgan fingerprint density at radius 3 is 2.87 bits per heavy atom. The maximum atomic E-state index is 12.5. The first-order chi connectivity index (χ1) is 15.1. The molecule has 0 bridgehead atoms. The number of hydrogen-bond donors (Lipinski definition) is 2. The number of nitrogens with zero attached hydrogens (tertiary/aromatic N) is 2. The lowest BCUT2D eigenvalue weighted by atomic mass is 10.3. The monoisotopic (exact) mass is 442 g/mol. The Morgan fingerprint density at radius 1 is 1.19 bits per heavy atom. The van der Waals surface area contributed by atoms with Gasteiger partial charge in [0.15, 0.2) is 6.61 Å². The Labute approximate surface area is 183 Å². The van der Waals surface area contributed by atoms with Crippen molar-refractivity contribution in [3.05, 3.63) is 59.7 Å². The van der Waals surface area contributed by atoms with E-state index >= 15 is 0 Å². The zero-order valence-corrected chi connectivity index (χ0v) is 17.7. The van der Waals surface area contributed by atoms with Crippen LogP contribution in [0.3, 0.4) is 0 Å². The molecule has 0 unspecified atom stereocenters. The molecule has 0 fully saturated rings. The number of benzene rings is 1. The quantitative estimate of drug-likeness (QED) is 0.524. The zero-order chi connectivity index (χ0) is 21.6. The van der Waals surface area contributed by atoms with Crippen molar-refractivity contribution in [2.45, 2.75) is 24.6 Å². The number of amides is 2. The van der Waals surface area contributed by atoms with Crippen molar-refractivity contribution in [1.29, 1.82) is 0 Å². The molecule has 0 radical (unpaired) electrons. The van der Waals surface area contributed by atoms with Crippen LogP contribution < -0.4 is 20.1 Å². The van der Waals surface area contributed by atoms with E-state index in [0.29, 0.717) is 29.6 Å². The summed E-state index contributed by atoms with van der Waals surface area (Å²) >= 11 is 1.72. The molecule has 1 aliphatic rings. The highest BCUT2D eigenvalue weighted by Crippen LogP contribution is 2.34. The summed E-state index contributed by atoms with van der Waals surface area (Å²) in [6.45, 7) is 0.106. The molecule has 0 saturated carbocycles. The average molecular weight is 442 g/mol. The number of methoxy groups -OCH3 is 1. The number of carbonyl (C=O) groups is 2. The summed E-state index contributed by atoms with van der Waals surface area (Å²) in [6, 6.07) is 10.6. The van der Waals surface area contributed by atoms with Gasteiger partial charge < -0.3 is 24.5 Å². The summed E-state index contributed by atoms with van der Waals surface area (Å²) in [5, 5.41) is 10.2. The summed E-state index contributed by atoms with van der Waals surface area (Å²) in [6.07, 6.45) is 1.55. The fourth-order valence-electron chi connectivity index (χ4n) is 3.12. The molecule has 0 spiro atoms. The number of thioether (sulfide) groups is 1. The van der Waals surface area contributed by atoms with Crippen molar-refractivity contribution in [2.75, 3.05) is 19.0 Å². The van der Waals surface area contributed by atoms with Crippen molar-refractivity contribution < 1.29 is 23.5 Å². The van der Waals surface area contributed by atoms with Crippen LogP contribution in [0.1, 0.15) is 17.0 Å². The second-order valence-electron chi connectivity index (χ2n) is 6.80. The average Bonchev–Trinajstić information content (AvgIpc) is 3.51. The Bertz CT molecular complexity index is 1060. The van der Waals surface area contributed by atoms with Gasteiger partial charge in [-0.15, -0.1) is 0 Å². The minimum atomic E-state index is -0.334. The summed E-state index contributed by atoms with van der Waals surface area (Å²) in [5.41, 5.74) is 1.83. The third-order valence-electron chi connectivity index (χ3n) is 4.62. The Kier molecular flexibility index (Phi) is 6.46. The van der Waals surface area contributed by atoms with Crippen molar-refractivity contribution >= 4 is 29.4 Å². The minimum absolute atomic E-state index is 0.00920. The van der Waals surface area contributed by atoms with Gasteiger partial charge in [0.25, 0.3) is 5.91 Å². The van der Waals surface area contributed by atoms with E-state index in [0.717, 1.165) is 22.8 Å². The van der Waals surface area contributed by atoms with Crippen LogP contribution in [0.4, 0.5) is 5.82 Å². The van der Waals surface area contributed by atoms with Gasteiger partial charge in [0.1, 0.15) is 29.6 Å². The molecule has 2 amide bonds. The van der Waals surface area contributed by atoms with Crippen LogP contribution in [-0.4, -0.2) is 35.3 Å². The molecular formula is C21H22N4O5S. The molecular weight excluding hydrogens is 420 g/mol. The predicted molar refractivity (Wildman–Crippen MR) is 115 cm³/mol. The summed E-state index contributed by atoms with van der Waals surface area (Å²) in [7, 11) is 1.57. The van der Waals surface area contributed by atoms with E-state index in [1.807, 2.05) is 0 Å². The van der Waals surface area contributed by atoms with E-state index in [2.05, 4.69) is 15.7 Å². The lowest BCUT2D eigenvalue weighted by molar-refractivity contribution is -0.122. The normalized spacial score (nSPS) is 12.3. The summed E-state index contributed by atoms with van der Waals surface area (Å²) in [5.74, 6) is 3.29. The van der Waals surface area contributed by atoms with E-state index in [1.165, 1.54) is 4.68 Å². The van der Waals surface area contributed by atoms with E-state index in [1.54, 1.807) is 61.5 Å². The fraction of sp³-hybridized carbons (Fsp3) is 0.286. The first kappa shape index (κ1) is 20.9. The third-order valence-corrected chi connectivity index (χ3v) is 5.59. The van der Waals surface area contributed by atoms with Crippen LogP contribution in [0, 0.1) is 0 Å². The van der Waals surface area contributed by atoms with Crippen LogP contribution in [0.25, 0.3) is 0 Å². The highest BCUT2D eigenvalue weighted by Gasteiger charge is 2.25. The molecule has 9 nitrogen and oxygen atoms in total. The second kappa shape index (κ2) is 9.61. The molecule has 0 aliphatic carbocycles. The molecule has 31 heavy (non-hydrogen) atoms. The van der Waals surface area contributed by atoms with Gasteiger partial charge in [-0.2, -0.15) is 16.9 Å². The number of furan rings is 1. The highest BCUT2D eigenvalue weighted by atomic mass is 32.2. The number of hydrogen-bond acceptors (Lipinski definition) is 7. The third kappa shape index (κ3) is 5.21. The van der Waals surface area contributed by atoms with Gasteiger partial charge in [-0.25, -0.2) is 4.68 Å². The van der Waals surface area contributed by atoms with Crippen LogP contribution in [0.5, 0.6) is 11.5 Å². The smallest absolute Gasteiger partial charge is 0.263 e. The summed E-state index contributed by atoms with van der Waals surface area (Å²) < 4.78 is 17.5. The minimum Gasteiger partial charge on any atom is -0.497 e. The fourth-order valence-corrected chi connectivity index (χ4v) is 4.15. The Balaban J connectivity index is 1.38. The van der Waals surface area contributed by atoms with E-state index in [-0.39, 0.29) is 25.0 Å². The van der Waals surface area contributed by atoms with Gasteiger partial charge >= 0.3 is 0 Å². The lowest BCUT2D eigenvalue weighted by Gasteiger charge is -2.12. The number of carbonyl (C=O) groups excluding carboxylic acids is 2. The maximum absolute atomic E-state index is 12.5. The van der Waals surface area contributed by atoms with Crippen molar-refractivity contribution in [2.24, 2.45) is 0 Å². The molecule has 0 saturated heterocycles. The number of nitrogens with one attached hydrogen (secondary N) is 2. The molecule has 3 heterocycles. The number of rotatable bonds is 9. The zero-order valence-electron chi connectivity index (χ0n) is 16.9. The molecule has 2 aromatic heterocycles. The molecule has 2 N–H and O–H groups in total. The Morgan fingerprint density at radius 2 is 2.06 bits per heavy atom. The van der Waals surface area contributed by atoms with Crippen molar-refractivity contribution in [3.63, 3.8) is 0 Å². The first-order valence-corrected chi connectivity index (χ1v) is 10.8. The molecule has 10 heteroatoms. The number of ether oxygens (including phenoxy) is 2. The topological polar surface area (TPSA) is 108 Å². The van der Waals surface area contributed by atoms with E-state index in [9.17, 15) is 9.59 Å². The van der Waals surface area contributed by atoms with Crippen molar-refractivity contribution in [1.82, 2.24) is 15.1 Å². The molecule has 1 aliphatic heterocycles. The number of anilines is 1. The van der Waals surface area contributed by atoms with E-state index in [4.69, 9.17) is 13.9 Å². The standard InChI is InChI=1S/C21H22N4O5S/c1-28-14-4-2-5-15(8-14)30-11-20(27)23-21-17-12-31-13-18(17)24-25(21)10-19(26)22-9-16-6-3-7-29-16/h2-8H,9-13H2,1H3,(H,22,26)(H,23,27). The molecule has 1 aromatic carbocycles. The van der Waals surface area contributed by atoms with Crippen LogP contribution in [-0.2, 0) is 34.2 Å². The molecule has 0 atom stereocenters. The van der Waals surface area contributed by atoms with Gasteiger partial charge in [0.2, 0.25) is 5.91 Å². The van der Waals surface area contributed by atoms with Gasteiger partial charge in [0.05, 0.1) is 25.6 Å². The van der Waals surface area contributed by atoms with Crippen LogP contribution in [0.2, 0.25) is 0 Å². The van der Waals surface area contributed by atoms with Crippen LogP contribution >= 0.6 is 11.8 Å². The molecule has 4 rings (SSSR count). The number of aromatic nitrogens is 2. The summed E-state index contributed by atoms with van der Waals surface area (Å²) in [4.78, 5) is 24.9. The van der Waals surface area contributed by atoms with Gasteiger partial charge in [0, 0.05) is 23.1 Å².